The van der Waals surface area contributed by atoms with E-state index in [4.69, 9.17) is 4.74 Å². The van der Waals surface area contributed by atoms with Crippen molar-refractivity contribution >= 4 is 5.97 Å². The predicted molar refractivity (Wildman–Crippen MR) is 110 cm³/mol. The van der Waals surface area contributed by atoms with Crippen LogP contribution in [0.15, 0.2) is 54.6 Å². The van der Waals surface area contributed by atoms with Gasteiger partial charge >= 0.3 is 5.97 Å². The number of phenolic OH excluding ortho intramolecular Hbond substituents is 1. The highest BCUT2D eigenvalue weighted by Crippen LogP contribution is 2.58. The zero-order valence-corrected chi connectivity index (χ0v) is 17.5. The van der Waals surface area contributed by atoms with Gasteiger partial charge in [-0.25, -0.2) is 0 Å². The quantitative estimate of drug-likeness (QED) is 0.706. The van der Waals surface area contributed by atoms with Crippen molar-refractivity contribution in [1.29, 1.82) is 0 Å². The van der Waals surface area contributed by atoms with Crippen LogP contribution in [0.2, 0.25) is 0 Å². The maximum atomic E-state index is 13.5. The van der Waals surface area contributed by atoms with Gasteiger partial charge in [0.1, 0.15) is 11.2 Å². The van der Waals surface area contributed by atoms with Crippen molar-refractivity contribution in [1.82, 2.24) is 0 Å². The molecular weight excluding hydrogens is 336 g/mol. The van der Waals surface area contributed by atoms with Crippen molar-refractivity contribution in [2.45, 2.75) is 52.9 Å². The molecule has 0 saturated heterocycles. The van der Waals surface area contributed by atoms with Gasteiger partial charge in [0.25, 0.3) is 0 Å². The predicted octanol–water partition coefficient (Wildman–Crippen LogP) is 5.68. The lowest BCUT2D eigenvalue weighted by atomic mass is 9.49. The van der Waals surface area contributed by atoms with Gasteiger partial charge in [0.15, 0.2) is 0 Å². The Morgan fingerprint density at radius 2 is 1.41 bits per heavy atom. The Labute approximate surface area is 163 Å². The third kappa shape index (κ3) is 3.73. The summed E-state index contributed by atoms with van der Waals surface area (Å²) in [4.78, 5) is 13.5. The number of aromatic hydroxyl groups is 1. The summed E-state index contributed by atoms with van der Waals surface area (Å²) in [5.74, 6) is -0.217. The molecule has 0 spiro atoms. The standard InChI is InChI=1S/C24H32O3/c1-22(2,3)20(17-11-9-8-10-12-17)24(21(26)27-7,23(4,5)6)18-13-15-19(25)16-14-18/h8-16,20,25H,1-7H3. The molecule has 0 saturated carbocycles. The number of carbonyl (C=O) groups excluding carboxylic acids is 1. The topological polar surface area (TPSA) is 46.5 Å². The van der Waals surface area contributed by atoms with Gasteiger partial charge in [-0.1, -0.05) is 84.0 Å². The first kappa shape index (κ1) is 21.0. The van der Waals surface area contributed by atoms with E-state index in [0.29, 0.717) is 0 Å². The van der Waals surface area contributed by atoms with E-state index in [-0.39, 0.29) is 23.1 Å². The number of hydrogen-bond acceptors (Lipinski definition) is 3. The molecule has 0 amide bonds. The van der Waals surface area contributed by atoms with Crippen LogP contribution in [0.3, 0.4) is 0 Å². The van der Waals surface area contributed by atoms with Crippen molar-refractivity contribution in [3.05, 3.63) is 65.7 Å². The number of rotatable bonds is 4. The van der Waals surface area contributed by atoms with Gasteiger partial charge in [-0.2, -0.15) is 0 Å². The molecule has 0 aliphatic carbocycles. The van der Waals surface area contributed by atoms with Crippen LogP contribution in [-0.4, -0.2) is 18.2 Å². The van der Waals surface area contributed by atoms with Crippen LogP contribution in [0.4, 0.5) is 0 Å². The van der Waals surface area contributed by atoms with Crippen LogP contribution in [0, 0.1) is 10.8 Å². The summed E-state index contributed by atoms with van der Waals surface area (Å²) in [6.07, 6.45) is 0. The molecule has 1 N–H and O–H groups in total. The fraction of sp³-hybridized carbons (Fsp3) is 0.458. The maximum Gasteiger partial charge on any atom is 0.317 e. The minimum absolute atomic E-state index is 0.136. The summed E-state index contributed by atoms with van der Waals surface area (Å²) in [5, 5.41) is 9.82. The van der Waals surface area contributed by atoms with Crippen molar-refractivity contribution in [3.8, 4) is 5.75 Å². The SMILES string of the molecule is COC(=O)C(c1ccc(O)cc1)(C(c1ccccc1)C(C)(C)C)C(C)(C)C. The maximum absolute atomic E-state index is 13.5. The fourth-order valence-electron chi connectivity index (χ4n) is 4.50. The van der Waals surface area contributed by atoms with Crippen LogP contribution in [0.25, 0.3) is 0 Å². The molecule has 2 unspecified atom stereocenters. The molecule has 2 aromatic rings. The number of phenols is 1. The Balaban J connectivity index is 2.95. The van der Waals surface area contributed by atoms with E-state index in [2.05, 4.69) is 53.7 Å². The molecular formula is C24H32O3. The largest absolute Gasteiger partial charge is 0.508 e. The highest BCUT2D eigenvalue weighted by molar-refractivity contribution is 5.86. The van der Waals surface area contributed by atoms with Gasteiger partial charge in [-0.3, -0.25) is 4.79 Å². The highest BCUT2D eigenvalue weighted by Gasteiger charge is 2.59. The third-order valence-electron chi connectivity index (χ3n) is 5.44. The Morgan fingerprint density at radius 1 is 0.889 bits per heavy atom. The van der Waals surface area contributed by atoms with E-state index < -0.39 is 10.8 Å². The molecule has 2 rings (SSSR count). The van der Waals surface area contributed by atoms with E-state index in [1.54, 1.807) is 12.1 Å². The summed E-state index contributed by atoms with van der Waals surface area (Å²) in [6.45, 7) is 12.7. The van der Waals surface area contributed by atoms with E-state index in [1.807, 2.05) is 30.3 Å². The molecule has 0 aromatic heterocycles. The van der Waals surface area contributed by atoms with Crippen LogP contribution in [0.5, 0.6) is 5.75 Å². The van der Waals surface area contributed by atoms with Gasteiger partial charge in [0, 0.05) is 5.92 Å². The molecule has 0 bridgehead atoms. The molecule has 146 valence electrons. The Bertz CT molecular complexity index is 764. The molecule has 3 heteroatoms. The first-order valence-electron chi connectivity index (χ1n) is 9.39. The Morgan fingerprint density at radius 3 is 1.81 bits per heavy atom. The van der Waals surface area contributed by atoms with Gasteiger partial charge in [-0.05, 0) is 34.1 Å². The first-order valence-corrected chi connectivity index (χ1v) is 9.39. The van der Waals surface area contributed by atoms with Gasteiger partial charge in [-0.15, -0.1) is 0 Å². The second-order valence-electron chi connectivity index (χ2n) is 9.31. The van der Waals surface area contributed by atoms with Crippen molar-refractivity contribution in [2.24, 2.45) is 10.8 Å². The zero-order valence-electron chi connectivity index (χ0n) is 17.5. The molecule has 0 fully saturated rings. The van der Waals surface area contributed by atoms with Crippen LogP contribution >= 0.6 is 0 Å². The molecule has 0 aliphatic rings. The highest BCUT2D eigenvalue weighted by atomic mass is 16.5. The lowest BCUT2D eigenvalue weighted by Gasteiger charge is -2.52. The van der Waals surface area contributed by atoms with Gasteiger partial charge < -0.3 is 9.84 Å². The molecule has 2 aromatic carbocycles. The fourth-order valence-corrected chi connectivity index (χ4v) is 4.50. The van der Waals surface area contributed by atoms with Crippen LogP contribution in [-0.2, 0) is 14.9 Å². The van der Waals surface area contributed by atoms with E-state index in [9.17, 15) is 9.90 Å². The number of methoxy groups -OCH3 is 1. The molecule has 27 heavy (non-hydrogen) atoms. The van der Waals surface area contributed by atoms with E-state index >= 15 is 0 Å². The number of carbonyl (C=O) groups is 1. The van der Waals surface area contributed by atoms with Crippen molar-refractivity contribution < 1.29 is 14.6 Å². The second-order valence-corrected chi connectivity index (χ2v) is 9.31. The minimum Gasteiger partial charge on any atom is -0.508 e. The lowest BCUT2D eigenvalue weighted by molar-refractivity contribution is -0.156. The van der Waals surface area contributed by atoms with Gasteiger partial charge in [0.2, 0.25) is 0 Å². The monoisotopic (exact) mass is 368 g/mol. The average molecular weight is 369 g/mol. The van der Waals surface area contributed by atoms with Gasteiger partial charge in [0.05, 0.1) is 7.11 Å². The van der Waals surface area contributed by atoms with Crippen LogP contribution < -0.4 is 0 Å². The Kier molecular flexibility index (Phi) is 5.74. The summed E-state index contributed by atoms with van der Waals surface area (Å²) in [7, 11) is 1.45. The molecule has 3 nitrogen and oxygen atoms in total. The number of ether oxygens (including phenoxy) is 1. The Hall–Kier alpha value is -2.29. The number of esters is 1. The van der Waals surface area contributed by atoms with Crippen LogP contribution in [0.1, 0.15) is 58.6 Å². The lowest BCUT2D eigenvalue weighted by Crippen LogP contribution is -2.55. The second kappa shape index (κ2) is 7.38. The third-order valence-corrected chi connectivity index (χ3v) is 5.44. The van der Waals surface area contributed by atoms with Crippen molar-refractivity contribution in [2.75, 3.05) is 7.11 Å². The summed E-state index contributed by atoms with van der Waals surface area (Å²) >= 11 is 0. The summed E-state index contributed by atoms with van der Waals surface area (Å²) < 4.78 is 5.42. The van der Waals surface area contributed by atoms with E-state index in [0.717, 1.165) is 11.1 Å². The normalized spacial score (nSPS) is 15.7. The number of hydrogen-bond donors (Lipinski definition) is 1. The van der Waals surface area contributed by atoms with Crippen molar-refractivity contribution in [3.63, 3.8) is 0 Å². The molecule has 0 aliphatic heterocycles. The first-order chi connectivity index (χ1) is 12.5. The van der Waals surface area contributed by atoms with E-state index in [1.165, 1.54) is 7.11 Å². The summed E-state index contributed by atoms with van der Waals surface area (Å²) in [6, 6.07) is 17.1. The zero-order chi connectivity index (χ0) is 20.5. The number of benzene rings is 2. The molecule has 0 radical (unpaired) electrons. The smallest absolute Gasteiger partial charge is 0.317 e. The molecule has 2 atom stereocenters. The summed E-state index contributed by atoms with van der Waals surface area (Å²) in [5.41, 5.74) is 0.350. The minimum atomic E-state index is -0.935. The molecule has 0 heterocycles. The average Bonchev–Trinajstić information content (AvgIpc) is 2.58.